The fraction of sp³-hybridized carbons (Fsp3) is 0.179. The quantitative estimate of drug-likeness (QED) is 0.226. The van der Waals surface area contributed by atoms with Crippen LogP contribution in [0.2, 0.25) is 0 Å². The SMILES string of the molecule is CCOc1cccc(/C(O)=C2\C(=O)C(=O)N(c3cccc(C(=O)OC)c3)C2c2ccccc2OC)c1. The standard InChI is InChI=1S/C28H25NO7/c1-4-36-20-12-8-9-17(16-20)25(30)23-24(21-13-5-6-14-22(21)34-2)29(27(32)26(23)31)19-11-7-10-18(15-19)28(33)35-3/h5-16,24,30H,4H2,1-3H3/b25-23+. The van der Waals surface area contributed by atoms with Crippen molar-refractivity contribution in [2.24, 2.45) is 0 Å². The molecular weight excluding hydrogens is 462 g/mol. The van der Waals surface area contributed by atoms with Gasteiger partial charge in [0.25, 0.3) is 11.7 Å². The number of hydrogen-bond acceptors (Lipinski definition) is 7. The van der Waals surface area contributed by atoms with E-state index in [1.807, 2.05) is 6.92 Å². The fourth-order valence-electron chi connectivity index (χ4n) is 4.24. The van der Waals surface area contributed by atoms with Gasteiger partial charge in [-0.05, 0) is 43.3 Å². The van der Waals surface area contributed by atoms with E-state index in [1.165, 1.54) is 25.2 Å². The predicted molar refractivity (Wildman–Crippen MR) is 133 cm³/mol. The lowest BCUT2D eigenvalue weighted by Crippen LogP contribution is -2.29. The summed E-state index contributed by atoms with van der Waals surface area (Å²) in [4.78, 5) is 40.2. The number of aliphatic hydroxyl groups is 1. The molecule has 8 heteroatoms. The van der Waals surface area contributed by atoms with Crippen molar-refractivity contribution in [1.29, 1.82) is 0 Å². The van der Waals surface area contributed by atoms with Crippen molar-refractivity contribution >= 4 is 29.1 Å². The molecule has 1 amide bonds. The van der Waals surface area contributed by atoms with Gasteiger partial charge in [-0.3, -0.25) is 14.5 Å². The van der Waals surface area contributed by atoms with E-state index in [0.717, 1.165) is 0 Å². The van der Waals surface area contributed by atoms with Gasteiger partial charge in [0.2, 0.25) is 0 Å². The van der Waals surface area contributed by atoms with Crippen molar-refractivity contribution in [3.63, 3.8) is 0 Å². The Bertz CT molecular complexity index is 1360. The van der Waals surface area contributed by atoms with Crippen molar-refractivity contribution in [3.05, 3.63) is 95.1 Å². The second-order valence-electron chi connectivity index (χ2n) is 7.91. The van der Waals surface area contributed by atoms with Crippen molar-refractivity contribution in [1.82, 2.24) is 0 Å². The Hall–Kier alpha value is -4.59. The average molecular weight is 488 g/mol. The molecule has 3 aromatic carbocycles. The number of anilines is 1. The number of rotatable bonds is 7. The van der Waals surface area contributed by atoms with Crippen LogP contribution in [0.1, 0.15) is 34.5 Å². The highest BCUT2D eigenvalue weighted by atomic mass is 16.5. The third-order valence-corrected chi connectivity index (χ3v) is 5.84. The van der Waals surface area contributed by atoms with Crippen LogP contribution in [0, 0.1) is 0 Å². The number of amides is 1. The normalized spacial score (nSPS) is 16.6. The van der Waals surface area contributed by atoms with Gasteiger partial charge in [0.1, 0.15) is 17.3 Å². The van der Waals surface area contributed by atoms with Crippen LogP contribution >= 0.6 is 0 Å². The summed E-state index contributed by atoms with van der Waals surface area (Å²) in [5.74, 6) is -1.72. The summed E-state index contributed by atoms with van der Waals surface area (Å²) in [5, 5.41) is 11.4. The molecule has 1 aliphatic rings. The molecule has 1 heterocycles. The van der Waals surface area contributed by atoms with Gasteiger partial charge in [0, 0.05) is 16.8 Å². The van der Waals surface area contributed by atoms with Crippen molar-refractivity contribution in [2.45, 2.75) is 13.0 Å². The average Bonchev–Trinajstić information content (AvgIpc) is 3.18. The van der Waals surface area contributed by atoms with Crippen LogP contribution in [-0.2, 0) is 14.3 Å². The van der Waals surface area contributed by atoms with Crippen LogP contribution in [0.15, 0.2) is 78.4 Å². The van der Waals surface area contributed by atoms with E-state index in [-0.39, 0.29) is 22.6 Å². The summed E-state index contributed by atoms with van der Waals surface area (Å²) in [5.41, 5.74) is 1.20. The molecule has 0 radical (unpaired) electrons. The Morgan fingerprint density at radius 3 is 2.39 bits per heavy atom. The van der Waals surface area contributed by atoms with Crippen molar-refractivity contribution in [3.8, 4) is 11.5 Å². The van der Waals surface area contributed by atoms with E-state index in [2.05, 4.69) is 0 Å². The molecule has 1 fully saturated rings. The van der Waals surface area contributed by atoms with Gasteiger partial charge in [-0.15, -0.1) is 0 Å². The number of methoxy groups -OCH3 is 2. The lowest BCUT2D eigenvalue weighted by atomic mass is 9.94. The molecule has 8 nitrogen and oxygen atoms in total. The smallest absolute Gasteiger partial charge is 0.337 e. The van der Waals surface area contributed by atoms with Crippen LogP contribution in [-0.4, -0.2) is 43.6 Å². The first-order chi connectivity index (χ1) is 17.4. The molecule has 4 rings (SSSR count). The Balaban J connectivity index is 1.96. The molecule has 1 atom stereocenters. The Kier molecular flexibility index (Phi) is 7.05. The van der Waals surface area contributed by atoms with Crippen LogP contribution < -0.4 is 14.4 Å². The maximum absolute atomic E-state index is 13.4. The minimum absolute atomic E-state index is 0.110. The molecule has 1 N–H and O–H groups in total. The topological polar surface area (TPSA) is 102 Å². The molecule has 3 aromatic rings. The monoisotopic (exact) mass is 487 g/mol. The number of nitrogens with zero attached hydrogens (tertiary/aromatic N) is 1. The predicted octanol–water partition coefficient (Wildman–Crippen LogP) is 4.51. The van der Waals surface area contributed by atoms with Gasteiger partial charge in [-0.25, -0.2) is 4.79 Å². The minimum Gasteiger partial charge on any atom is -0.507 e. The number of benzene rings is 3. The number of ketones is 1. The van der Waals surface area contributed by atoms with E-state index in [9.17, 15) is 19.5 Å². The second-order valence-corrected chi connectivity index (χ2v) is 7.91. The molecular formula is C28H25NO7. The van der Waals surface area contributed by atoms with E-state index in [4.69, 9.17) is 14.2 Å². The van der Waals surface area contributed by atoms with Crippen LogP contribution in [0.25, 0.3) is 5.76 Å². The third kappa shape index (κ3) is 4.40. The largest absolute Gasteiger partial charge is 0.507 e. The number of carbonyl (C=O) groups excluding carboxylic acids is 3. The molecule has 1 saturated heterocycles. The summed E-state index contributed by atoms with van der Waals surface area (Å²) in [6.07, 6.45) is 0. The van der Waals surface area contributed by atoms with Gasteiger partial charge in [-0.1, -0.05) is 36.4 Å². The van der Waals surface area contributed by atoms with E-state index >= 15 is 0 Å². The lowest BCUT2D eigenvalue weighted by molar-refractivity contribution is -0.132. The molecule has 1 unspecified atom stereocenters. The summed E-state index contributed by atoms with van der Waals surface area (Å²) in [6.45, 7) is 2.26. The number of ether oxygens (including phenoxy) is 3. The van der Waals surface area contributed by atoms with E-state index < -0.39 is 23.7 Å². The minimum atomic E-state index is -1.02. The Morgan fingerprint density at radius 2 is 1.67 bits per heavy atom. The van der Waals surface area contributed by atoms with Crippen molar-refractivity contribution in [2.75, 3.05) is 25.7 Å². The van der Waals surface area contributed by atoms with Crippen LogP contribution in [0.4, 0.5) is 5.69 Å². The fourth-order valence-corrected chi connectivity index (χ4v) is 4.24. The highest BCUT2D eigenvalue weighted by Gasteiger charge is 2.48. The molecule has 0 aliphatic carbocycles. The second kappa shape index (κ2) is 10.4. The molecule has 36 heavy (non-hydrogen) atoms. The highest BCUT2D eigenvalue weighted by Crippen LogP contribution is 2.45. The lowest BCUT2D eigenvalue weighted by Gasteiger charge is -2.27. The summed E-state index contributed by atoms with van der Waals surface area (Å²) < 4.78 is 15.9. The zero-order valence-corrected chi connectivity index (χ0v) is 20.1. The first kappa shape index (κ1) is 24.5. The maximum atomic E-state index is 13.4. The molecule has 0 bridgehead atoms. The zero-order valence-electron chi connectivity index (χ0n) is 20.1. The maximum Gasteiger partial charge on any atom is 0.337 e. The molecule has 1 aliphatic heterocycles. The Morgan fingerprint density at radius 1 is 0.944 bits per heavy atom. The number of hydrogen-bond donors (Lipinski definition) is 1. The van der Waals surface area contributed by atoms with Gasteiger partial charge in [0.15, 0.2) is 0 Å². The molecule has 0 aromatic heterocycles. The third-order valence-electron chi connectivity index (χ3n) is 5.84. The van der Waals surface area contributed by atoms with E-state index in [0.29, 0.717) is 29.2 Å². The summed E-state index contributed by atoms with van der Waals surface area (Å²) in [6, 6.07) is 18.8. The van der Waals surface area contributed by atoms with Crippen molar-refractivity contribution < 1.29 is 33.7 Å². The van der Waals surface area contributed by atoms with Gasteiger partial charge >= 0.3 is 5.97 Å². The first-order valence-corrected chi connectivity index (χ1v) is 11.3. The van der Waals surface area contributed by atoms with E-state index in [1.54, 1.807) is 66.7 Å². The number of aliphatic hydroxyl groups excluding tert-OH is 1. The molecule has 0 spiro atoms. The van der Waals surface area contributed by atoms with Gasteiger partial charge < -0.3 is 19.3 Å². The summed E-state index contributed by atoms with van der Waals surface area (Å²) in [7, 11) is 2.74. The highest BCUT2D eigenvalue weighted by molar-refractivity contribution is 6.51. The summed E-state index contributed by atoms with van der Waals surface area (Å²) >= 11 is 0. The Labute approximate surface area is 208 Å². The molecule has 184 valence electrons. The van der Waals surface area contributed by atoms with Gasteiger partial charge in [-0.2, -0.15) is 0 Å². The zero-order chi connectivity index (χ0) is 25.8. The number of esters is 1. The first-order valence-electron chi connectivity index (χ1n) is 11.3. The number of Topliss-reactive ketones (excluding diaryl/α,β-unsaturated/α-hetero) is 1. The molecule has 0 saturated carbocycles. The van der Waals surface area contributed by atoms with Crippen LogP contribution in [0.3, 0.4) is 0 Å². The van der Waals surface area contributed by atoms with Gasteiger partial charge in [0.05, 0.1) is 38.0 Å². The number of carbonyl (C=O) groups is 3. The number of para-hydroxylation sites is 1. The van der Waals surface area contributed by atoms with Crippen LogP contribution in [0.5, 0.6) is 11.5 Å².